The van der Waals surface area contributed by atoms with Crippen LogP contribution in [0.2, 0.25) is 0 Å². The molecule has 3 rings (SSSR count). The number of nitrogens with one attached hydrogen (secondary N) is 1. The first kappa shape index (κ1) is 14.0. The number of carbonyl (C=O) groups is 1. The molecule has 6 nitrogen and oxygen atoms in total. The van der Waals surface area contributed by atoms with Crippen molar-refractivity contribution in [2.75, 3.05) is 5.32 Å². The Morgan fingerprint density at radius 3 is 2.91 bits per heavy atom. The van der Waals surface area contributed by atoms with Crippen LogP contribution in [-0.2, 0) is 6.54 Å². The van der Waals surface area contributed by atoms with Gasteiger partial charge in [0.1, 0.15) is 11.6 Å². The summed E-state index contributed by atoms with van der Waals surface area (Å²) in [5.41, 5.74) is 6.98. The number of benzene rings is 1. The zero-order chi connectivity index (χ0) is 15.7. The number of rotatable bonds is 4. The topological polar surface area (TPSA) is 85.8 Å². The average molecular weight is 299 g/mol. The third kappa shape index (κ3) is 2.48. The van der Waals surface area contributed by atoms with E-state index in [0.29, 0.717) is 5.69 Å². The van der Waals surface area contributed by atoms with Gasteiger partial charge in [-0.05, 0) is 31.2 Å². The number of nitrogens with two attached hydrogens (primary N) is 1. The molecule has 0 spiro atoms. The molecule has 3 aromatic rings. The van der Waals surface area contributed by atoms with Gasteiger partial charge in [-0.25, -0.2) is 9.37 Å². The third-order valence-corrected chi connectivity index (χ3v) is 3.32. The summed E-state index contributed by atoms with van der Waals surface area (Å²) in [5.74, 6) is -1.13. The van der Waals surface area contributed by atoms with E-state index in [-0.39, 0.29) is 11.4 Å². The molecule has 0 aliphatic heterocycles. The number of pyridine rings is 1. The monoisotopic (exact) mass is 299 g/mol. The van der Waals surface area contributed by atoms with E-state index in [1.165, 1.54) is 0 Å². The van der Waals surface area contributed by atoms with Crippen LogP contribution < -0.4 is 11.1 Å². The summed E-state index contributed by atoms with van der Waals surface area (Å²) in [7, 11) is 0. The van der Waals surface area contributed by atoms with Crippen LogP contribution >= 0.6 is 0 Å². The molecule has 1 amide bonds. The number of fused-ring (bicyclic) bond motifs is 1. The summed E-state index contributed by atoms with van der Waals surface area (Å²) >= 11 is 0. The van der Waals surface area contributed by atoms with Gasteiger partial charge in [-0.3, -0.25) is 9.48 Å². The minimum Gasteiger partial charge on any atom is -0.365 e. The fourth-order valence-corrected chi connectivity index (χ4v) is 2.28. The summed E-state index contributed by atoms with van der Waals surface area (Å²) in [6.45, 7) is 2.79. The van der Waals surface area contributed by atoms with E-state index in [4.69, 9.17) is 5.73 Å². The van der Waals surface area contributed by atoms with Crippen molar-refractivity contribution in [3.05, 3.63) is 48.0 Å². The van der Waals surface area contributed by atoms with E-state index >= 15 is 0 Å². The first-order chi connectivity index (χ1) is 10.6. The molecule has 0 aliphatic rings. The van der Waals surface area contributed by atoms with Crippen LogP contribution in [0, 0.1) is 5.82 Å². The number of aromatic nitrogens is 3. The number of aryl methyl sites for hydroxylation is 1. The van der Waals surface area contributed by atoms with E-state index in [1.807, 2.05) is 29.8 Å². The molecule has 0 aliphatic carbocycles. The Balaban J connectivity index is 1.98. The number of carbonyl (C=O) groups excluding carboxylic acids is 1. The largest absolute Gasteiger partial charge is 0.365 e. The smallest absolute Gasteiger partial charge is 0.252 e. The number of nitrogens with zero attached hydrogens (tertiary/aromatic N) is 3. The molecule has 2 aromatic heterocycles. The van der Waals surface area contributed by atoms with Crippen molar-refractivity contribution in [3.63, 3.8) is 0 Å². The second kappa shape index (κ2) is 5.44. The average Bonchev–Trinajstić information content (AvgIpc) is 2.91. The number of amides is 1. The van der Waals surface area contributed by atoms with Gasteiger partial charge in [-0.2, -0.15) is 5.10 Å². The van der Waals surface area contributed by atoms with E-state index in [9.17, 15) is 9.18 Å². The zero-order valence-corrected chi connectivity index (χ0v) is 11.9. The first-order valence-corrected chi connectivity index (χ1v) is 6.76. The summed E-state index contributed by atoms with van der Waals surface area (Å²) < 4.78 is 15.1. The molecule has 0 saturated carbocycles. The fraction of sp³-hybridized carbons (Fsp3) is 0.133. The highest BCUT2D eigenvalue weighted by molar-refractivity contribution is 5.98. The first-order valence-electron chi connectivity index (χ1n) is 6.76. The molecule has 7 heteroatoms. The van der Waals surface area contributed by atoms with Crippen molar-refractivity contribution in [1.29, 1.82) is 0 Å². The Labute approximate surface area is 125 Å². The predicted molar refractivity (Wildman–Crippen MR) is 81.4 cm³/mol. The molecule has 0 fully saturated rings. The Bertz CT molecular complexity index is 858. The van der Waals surface area contributed by atoms with E-state index < -0.39 is 11.7 Å². The van der Waals surface area contributed by atoms with E-state index in [2.05, 4.69) is 15.4 Å². The molecule has 22 heavy (non-hydrogen) atoms. The molecule has 0 atom stereocenters. The summed E-state index contributed by atoms with van der Waals surface area (Å²) in [4.78, 5) is 15.3. The third-order valence-electron chi connectivity index (χ3n) is 3.32. The lowest BCUT2D eigenvalue weighted by Crippen LogP contribution is -2.14. The fourth-order valence-electron chi connectivity index (χ4n) is 2.28. The maximum absolute atomic E-state index is 13.2. The van der Waals surface area contributed by atoms with E-state index in [0.717, 1.165) is 29.7 Å². The van der Waals surface area contributed by atoms with Gasteiger partial charge in [-0.1, -0.05) is 0 Å². The van der Waals surface area contributed by atoms with E-state index in [1.54, 1.807) is 6.20 Å². The Morgan fingerprint density at radius 2 is 2.18 bits per heavy atom. The number of halogens is 1. The van der Waals surface area contributed by atoms with Gasteiger partial charge in [-0.15, -0.1) is 0 Å². The molecular weight excluding hydrogens is 285 g/mol. The highest BCUT2D eigenvalue weighted by Gasteiger charge is 2.12. The molecule has 0 unspecified atom stereocenters. The zero-order valence-electron chi connectivity index (χ0n) is 11.9. The maximum Gasteiger partial charge on any atom is 0.252 e. The van der Waals surface area contributed by atoms with Crippen LogP contribution in [0.15, 0.2) is 36.7 Å². The normalized spacial score (nSPS) is 10.8. The van der Waals surface area contributed by atoms with Crippen LogP contribution in [0.3, 0.4) is 0 Å². The van der Waals surface area contributed by atoms with Crippen molar-refractivity contribution in [3.8, 4) is 0 Å². The van der Waals surface area contributed by atoms with Crippen molar-refractivity contribution < 1.29 is 9.18 Å². The molecule has 0 radical (unpaired) electrons. The highest BCUT2D eigenvalue weighted by atomic mass is 19.1. The molecule has 0 bridgehead atoms. The molecule has 112 valence electrons. The van der Waals surface area contributed by atoms with Crippen LogP contribution in [-0.4, -0.2) is 20.7 Å². The van der Waals surface area contributed by atoms with Gasteiger partial charge in [0, 0.05) is 17.6 Å². The van der Waals surface area contributed by atoms with Crippen molar-refractivity contribution in [2.45, 2.75) is 13.5 Å². The second-order valence-corrected chi connectivity index (χ2v) is 4.77. The molecule has 2 heterocycles. The summed E-state index contributed by atoms with van der Waals surface area (Å²) in [6, 6.07) is 6.70. The van der Waals surface area contributed by atoms with Gasteiger partial charge in [0.15, 0.2) is 0 Å². The Hall–Kier alpha value is -2.96. The Morgan fingerprint density at radius 1 is 1.36 bits per heavy atom. The Kier molecular flexibility index (Phi) is 3.46. The molecule has 3 N–H and O–H groups in total. The number of hydrogen-bond acceptors (Lipinski definition) is 4. The summed E-state index contributed by atoms with van der Waals surface area (Å²) in [5, 5.41) is 8.21. The number of hydrogen-bond donors (Lipinski definition) is 2. The van der Waals surface area contributed by atoms with Crippen LogP contribution in [0.1, 0.15) is 17.3 Å². The van der Waals surface area contributed by atoms with Gasteiger partial charge < -0.3 is 11.1 Å². The van der Waals surface area contributed by atoms with Crippen molar-refractivity contribution >= 4 is 28.3 Å². The number of anilines is 2. The van der Waals surface area contributed by atoms with Gasteiger partial charge in [0.2, 0.25) is 0 Å². The second-order valence-electron chi connectivity index (χ2n) is 4.77. The minimum atomic E-state index is -0.741. The van der Waals surface area contributed by atoms with Crippen LogP contribution in [0.4, 0.5) is 15.9 Å². The number of primary amides is 1. The molecule has 1 aromatic carbocycles. The standard InChI is InChI=1S/C15H14FN5O/c1-2-21-13-4-3-11(5-9(13)7-19-21)20-15-12(14(17)22)6-10(16)8-18-15/h3-8H,2H2,1H3,(H2,17,22)(H,18,20). The highest BCUT2D eigenvalue weighted by Crippen LogP contribution is 2.23. The lowest BCUT2D eigenvalue weighted by molar-refractivity contribution is 0.100. The SMILES string of the molecule is CCn1ncc2cc(Nc3ncc(F)cc3C(N)=O)ccc21. The summed E-state index contributed by atoms with van der Waals surface area (Å²) in [6.07, 6.45) is 2.79. The van der Waals surface area contributed by atoms with Crippen molar-refractivity contribution in [1.82, 2.24) is 14.8 Å². The van der Waals surface area contributed by atoms with Crippen LogP contribution in [0.25, 0.3) is 10.9 Å². The van der Waals surface area contributed by atoms with Gasteiger partial charge >= 0.3 is 0 Å². The minimum absolute atomic E-state index is 0.00403. The van der Waals surface area contributed by atoms with Gasteiger partial charge in [0.25, 0.3) is 5.91 Å². The predicted octanol–water partition coefficient (Wildman–Crippen LogP) is 2.43. The van der Waals surface area contributed by atoms with Crippen LogP contribution in [0.5, 0.6) is 0 Å². The van der Waals surface area contributed by atoms with Crippen molar-refractivity contribution in [2.24, 2.45) is 5.73 Å². The lowest BCUT2D eigenvalue weighted by Gasteiger charge is -2.09. The molecular formula is C15H14FN5O. The quantitative estimate of drug-likeness (QED) is 0.774. The van der Waals surface area contributed by atoms with Gasteiger partial charge in [0.05, 0.1) is 23.5 Å². The molecule has 0 saturated heterocycles. The maximum atomic E-state index is 13.2. The lowest BCUT2D eigenvalue weighted by atomic mass is 10.2.